The monoisotopic (exact) mass is 252 g/mol. The van der Waals surface area contributed by atoms with Crippen molar-refractivity contribution < 1.29 is 0 Å². The van der Waals surface area contributed by atoms with Gasteiger partial charge in [0, 0.05) is 18.8 Å². The molecule has 2 heterocycles. The molecule has 1 atom stereocenters. The molecule has 92 valence electrons. The average Bonchev–Trinajstić information content (AvgIpc) is 2.75. The van der Waals surface area contributed by atoms with Gasteiger partial charge in [0.25, 0.3) is 0 Å². The van der Waals surface area contributed by atoms with Crippen LogP contribution in [-0.2, 0) is 0 Å². The summed E-state index contributed by atoms with van der Waals surface area (Å²) < 4.78 is 0. The summed E-state index contributed by atoms with van der Waals surface area (Å²) in [5.41, 5.74) is 6.37. The van der Waals surface area contributed by atoms with E-state index in [9.17, 15) is 0 Å². The Morgan fingerprint density at radius 1 is 1.53 bits per heavy atom. The molecule has 0 radical (unpaired) electrons. The number of hydrogen-bond acceptors (Lipinski definition) is 6. The number of aromatic nitrogens is 4. The summed E-state index contributed by atoms with van der Waals surface area (Å²) in [6.45, 7) is 2.15. The van der Waals surface area contributed by atoms with E-state index in [1.54, 1.807) is 18.0 Å². The van der Waals surface area contributed by atoms with E-state index in [0.29, 0.717) is 11.7 Å². The highest BCUT2D eigenvalue weighted by atomic mass is 32.2. The zero-order valence-electron chi connectivity index (χ0n) is 10.1. The SMILES string of the molecule is CSCC(C)N(C)c1nc(N)nc2[nH]ncc12. The van der Waals surface area contributed by atoms with Gasteiger partial charge in [-0.2, -0.15) is 26.8 Å². The van der Waals surface area contributed by atoms with Crippen molar-refractivity contribution in [2.75, 3.05) is 29.7 Å². The molecule has 0 bridgehead atoms. The fraction of sp³-hybridized carbons (Fsp3) is 0.500. The van der Waals surface area contributed by atoms with Crippen LogP contribution in [0.1, 0.15) is 6.92 Å². The maximum absolute atomic E-state index is 5.69. The zero-order chi connectivity index (χ0) is 12.4. The van der Waals surface area contributed by atoms with Crippen molar-refractivity contribution in [3.63, 3.8) is 0 Å². The van der Waals surface area contributed by atoms with E-state index in [0.717, 1.165) is 17.0 Å². The number of thioether (sulfide) groups is 1. The number of nitrogens with one attached hydrogen (secondary N) is 1. The van der Waals surface area contributed by atoms with E-state index in [-0.39, 0.29) is 5.95 Å². The molecule has 6 nitrogen and oxygen atoms in total. The molecule has 0 saturated heterocycles. The summed E-state index contributed by atoms with van der Waals surface area (Å²) in [7, 11) is 2.01. The topological polar surface area (TPSA) is 83.7 Å². The van der Waals surface area contributed by atoms with Crippen molar-refractivity contribution in [3.8, 4) is 0 Å². The Morgan fingerprint density at radius 3 is 3.00 bits per heavy atom. The third kappa shape index (κ3) is 2.28. The van der Waals surface area contributed by atoms with Crippen molar-refractivity contribution in [1.29, 1.82) is 0 Å². The van der Waals surface area contributed by atoms with Gasteiger partial charge in [-0.1, -0.05) is 0 Å². The fourth-order valence-electron chi connectivity index (χ4n) is 1.67. The molecular weight excluding hydrogens is 236 g/mol. The third-order valence-electron chi connectivity index (χ3n) is 2.71. The van der Waals surface area contributed by atoms with Crippen molar-refractivity contribution in [3.05, 3.63) is 6.20 Å². The minimum atomic E-state index is 0.264. The Labute approximate surface area is 104 Å². The van der Waals surface area contributed by atoms with Crippen LogP contribution >= 0.6 is 11.8 Å². The van der Waals surface area contributed by atoms with Gasteiger partial charge in [0.2, 0.25) is 5.95 Å². The molecule has 2 aromatic rings. The van der Waals surface area contributed by atoms with E-state index >= 15 is 0 Å². The lowest BCUT2D eigenvalue weighted by Gasteiger charge is -2.25. The minimum Gasteiger partial charge on any atom is -0.368 e. The highest BCUT2D eigenvalue weighted by Gasteiger charge is 2.16. The van der Waals surface area contributed by atoms with Crippen LogP contribution < -0.4 is 10.6 Å². The van der Waals surface area contributed by atoms with Crippen LogP contribution in [0, 0.1) is 0 Å². The largest absolute Gasteiger partial charge is 0.368 e. The summed E-state index contributed by atoms with van der Waals surface area (Å²) in [4.78, 5) is 10.5. The molecule has 0 saturated carbocycles. The first-order valence-electron chi connectivity index (χ1n) is 5.32. The minimum absolute atomic E-state index is 0.264. The third-order valence-corrected chi connectivity index (χ3v) is 3.53. The normalized spacial score (nSPS) is 12.9. The molecular formula is C10H16N6S. The molecule has 7 heteroatoms. The number of nitrogens with zero attached hydrogens (tertiary/aromatic N) is 4. The van der Waals surface area contributed by atoms with Crippen LogP contribution in [-0.4, -0.2) is 45.3 Å². The Bertz CT molecular complexity index is 510. The number of aromatic amines is 1. The molecule has 0 aromatic carbocycles. The van der Waals surface area contributed by atoms with Crippen LogP contribution in [0.4, 0.5) is 11.8 Å². The van der Waals surface area contributed by atoms with Gasteiger partial charge in [-0.3, -0.25) is 5.10 Å². The van der Waals surface area contributed by atoms with Gasteiger partial charge in [-0.25, -0.2) is 0 Å². The van der Waals surface area contributed by atoms with Gasteiger partial charge in [-0.15, -0.1) is 0 Å². The highest BCUT2D eigenvalue weighted by molar-refractivity contribution is 7.98. The van der Waals surface area contributed by atoms with Gasteiger partial charge < -0.3 is 10.6 Å². The second kappa shape index (κ2) is 4.79. The molecule has 0 spiro atoms. The Kier molecular flexibility index (Phi) is 3.37. The molecule has 0 amide bonds. The molecule has 0 fully saturated rings. The maximum atomic E-state index is 5.69. The second-order valence-electron chi connectivity index (χ2n) is 3.95. The standard InChI is InChI=1S/C10H16N6S/c1-6(5-17-3)16(2)9-7-4-12-15-8(7)13-10(11)14-9/h4,6H,5H2,1-3H3,(H3,11,12,13,14,15). The van der Waals surface area contributed by atoms with E-state index in [1.165, 1.54) is 0 Å². The van der Waals surface area contributed by atoms with Gasteiger partial charge in [0.15, 0.2) is 5.65 Å². The smallest absolute Gasteiger partial charge is 0.224 e. The molecule has 0 aliphatic heterocycles. The van der Waals surface area contributed by atoms with Gasteiger partial charge in [0.1, 0.15) is 5.82 Å². The van der Waals surface area contributed by atoms with E-state index in [4.69, 9.17) is 5.73 Å². The summed E-state index contributed by atoms with van der Waals surface area (Å²) >= 11 is 1.80. The van der Waals surface area contributed by atoms with Crippen molar-refractivity contribution in [2.24, 2.45) is 0 Å². The highest BCUT2D eigenvalue weighted by Crippen LogP contribution is 2.24. The lowest BCUT2D eigenvalue weighted by molar-refractivity contribution is 0.756. The lowest BCUT2D eigenvalue weighted by atomic mass is 10.3. The number of hydrogen-bond donors (Lipinski definition) is 2. The number of nitrogen functional groups attached to an aromatic ring is 1. The maximum Gasteiger partial charge on any atom is 0.224 e. The van der Waals surface area contributed by atoms with Gasteiger partial charge in [0.05, 0.1) is 11.6 Å². The van der Waals surface area contributed by atoms with E-state index in [2.05, 4.69) is 38.2 Å². The van der Waals surface area contributed by atoms with Gasteiger partial charge in [-0.05, 0) is 13.2 Å². The summed E-state index contributed by atoms with van der Waals surface area (Å²) in [6.07, 6.45) is 3.82. The predicted octanol–water partition coefficient (Wildman–Crippen LogP) is 1.12. The number of rotatable bonds is 4. The van der Waals surface area contributed by atoms with Crippen molar-refractivity contribution in [2.45, 2.75) is 13.0 Å². The predicted molar refractivity (Wildman–Crippen MR) is 72.3 cm³/mol. The first-order chi connectivity index (χ1) is 8.13. The number of anilines is 2. The van der Waals surface area contributed by atoms with E-state index < -0.39 is 0 Å². The van der Waals surface area contributed by atoms with Crippen LogP contribution in [0.25, 0.3) is 11.0 Å². The van der Waals surface area contributed by atoms with E-state index in [1.807, 2.05) is 7.05 Å². The molecule has 0 aliphatic rings. The molecule has 3 N–H and O–H groups in total. The van der Waals surface area contributed by atoms with Crippen LogP contribution in [0.5, 0.6) is 0 Å². The number of nitrogens with two attached hydrogens (primary N) is 1. The number of fused-ring (bicyclic) bond motifs is 1. The lowest BCUT2D eigenvalue weighted by Crippen LogP contribution is -2.31. The summed E-state index contributed by atoms with van der Waals surface area (Å²) in [5.74, 6) is 2.11. The Morgan fingerprint density at radius 2 is 2.29 bits per heavy atom. The quantitative estimate of drug-likeness (QED) is 0.848. The first kappa shape index (κ1) is 12.0. The molecule has 2 rings (SSSR count). The average molecular weight is 252 g/mol. The zero-order valence-corrected chi connectivity index (χ0v) is 11.0. The number of H-pyrrole nitrogens is 1. The van der Waals surface area contributed by atoms with Gasteiger partial charge >= 0.3 is 0 Å². The van der Waals surface area contributed by atoms with Crippen molar-refractivity contribution in [1.82, 2.24) is 20.2 Å². The first-order valence-corrected chi connectivity index (χ1v) is 6.71. The molecule has 2 aromatic heterocycles. The van der Waals surface area contributed by atoms with Crippen LogP contribution in [0.3, 0.4) is 0 Å². The second-order valence-corrected chi connectivity index (χ2v) is 4.86. The molecule has 1 unspecified atom stereocenters. The molecule has 0 aliphatic carbocycles. The Balaban J connectivity index is 2.43. The summed E-state index contributed by atoms with van der Waals surface area (Å²) in [5, 5.41) is 7.69. The van der Waals surface area contributed by atoms with Crippen molar-refractivity contribution >= 4 is 34.6 Å². The van der Waals surface area contributed by atoms with Crippen LogP contribution in [0.15, 0.2) is 6.20 Å². The summed E-state index contributed by atoms with van der Waals surface area (Å²) in [6, 6.07) is 0.373. The fourth-order valence-corrected chi connectivity index (χ4v) is 2.37. The molecule has 17 heavy (non-hydrogen) atoms. The Hall–Kier alpha value is -1.50. The van der Waals surface area contributed by atoms with Crippen LogP contribution in [0.2, 0.25) is 0 Å².